The average molecular weight is 379 g/mol. The van der Waals surface area contributed by atoms with Crippen LogP contribution in [0.1, 0.15) is 29.2 Å². The van der Waals surface area contributed by atoms with Gasteiger partial charge in [-0.3, -0.25) is 0 Å². The molecular weight excluding hydrogens is 360 g/mol. The van der Waals surface area contributed by atoms with Crippen LogP contribution < -0.4 is 0 Å². The summed E-state index contributed by atoms with van der Waals surface area (Å²) >= 11 is 3.80. The van der Waals surface area contributed by atoms with Crippen molar-refractivity contribution in [3.8, 4) is 5.75 Å². The zero-order chi connectivity index (χ0) is 16.9. The van der Waals surface area contributed by atoms with E-state index in [4.69, 9.17) is 0 Å². The number of aryl methyl sites for hydroxylation is 1. The van der Waals surface area contributed by atoms with E-state index < -0.39 is 0 Å². The number of hydrogen-bond donors (Lipinski definition) is 1. The SMILES string of the molecule is CCc1ccc(/C(=C(/Br)c2ccccc2)c2ccc(O)cc2)cc1. The van der Waals surface area contributed by atoms with Crippen LogP contribution in [0.25, 0.3) is 10.1 Å². The van der Waals surface area contributed by atoms with Gasteiger partial charge in [0, 0.05) is 10.1 Å². The molecule has 0 fully saturated rings. The Morgan fingerprint density at radius 2 is 1.29 bits per heavy atom. The Bertz CT molecular complexity index is 831. The highest BCUT2D eigenvalue weighted by Gasteiger charge is 2.12. The molecule has 0 radical (unpaired) electrons. The van der Waals surface area contributed by atoms with Gasteiger partial charge in [0.1, 0.15) is 5.75 Å². The Balaban J connectivity index is 2.18. The van der Waals surface area contributed by atoms with Gasteiger partial charge in [0.25, 0.3) is 0 Å². The molecule has 0 bridgehead atoms. The first-order valence-corrected chi connectivity index (χ1v) is 8.82. The highest BCUT2D eigenvalue weighted by molar-refractivity contribution is 9.15. The summed E-state index contributed by atoms with van der Waals surface area (Å²) < 4.78 is 1.04. The van der Waals surface area contributed by atoms with Crippen LogP contribution in [0.5, 0.6) is 5.75 Å². The molecule has 0 spiro atoms. The molecule has 0 unspecified atom stereocenters. The second-order valence-electron chi connectivity index (χ2n) is 5.65. The molecule has 0 atom stereocenters. The van der Waals surface area contributed by atoms with Gasteiger partial charge in [-0.1, -0.05) is 73.7 Å². The topological polar surface area (TPSA) is 20.2 Å². The quantitative estimate of drug-likeness (QED) is 0.530. The summed E-state index contributed by atoms with van der Waals surface area (Å²) in [5, 5.41) is 9.61. The average Bonchev–Trinajstić information content (AvgIpc) is 2.64. The van der Waals surface area contributed by atoms with Gasteiger partial charge in [0.05, 0.1) is 0 Å². The monoisotopic (exact) mass is 378 g/mol. The highest BCUT2D eigenvalue weighted by Crippen LogP contribution is 2.36. The Kier molecular flexibility index (Phi) is 5.17. The van der Waals surface area contributed by atoms with Gasteiger partial charge >= 0.3 is 0 Å². The number of phenols is 1. The first kappa shape index (κ1) is 16.5. The Labute approximate surface area is 151 Å². The first-order valence-electron chi connectivity index (χ1n) is 8.03. The lowest BCUT2D eigenvalue weighted by atomic mass is 9.94. The Morgan fingerprint density at radius 3 is 1.83 bits per heavy atom. The molecular formula is C22H19BrO. The molecule has 2 heteroatoms. The van der Waals surface area contributed by atoms with E-state index in [0.29, 0.717) is 0 Å². The molecule has 0 aromatic heterocycles. The summed E-state index contributed by atoms with van der Waals surface area (Å²) in [4.78, 5) is 0. The second kappa shape index (κ2) is 7.50. The van der Waals surface area contributed by atoms with Crippen molar-refractivity contribution in [1.82, 2.24) is 0 Å². The Morgan fingerprint density at radius 1 is 0.750 bits per heavy atom. The number of aromatic hydroxyl groups is 1. The molecule has 24 heavy (non-hydrogen) atoms. The Hall–Kier alpha value is -2.32. The minimum Gasteiger partial charge on any atom is -0.508 e. The summed E-state index contributed by atoms with van der Waals surface area (Å²) in [6, 6.07) is 26.2. The zero-order valence-corrected chi connectivity index (χ0v) is 15.1. The van der Waals surface area contributed by atoms with Gasteiger partial charge in [0.15, 0.2) is 0 Å². The van der Waals surface area contributed by atoms with Crippen molar-refractivity contribution in [2.45, 2.75) is 13.3 Å². The predicted molar refractivity (Wildman–Crippen MR) is 105 cm³/mol. The van der Waals surface area contributed by atoms with Gasteiger partial charge in [0.2, 0.25) is 0 Å². The molecule has 0 saturated carbocycles. The van der Waals surface area contributed by atoms with Crippen LogP contribution in [-0.4, -0.2) is 5.11 Å². The van der Waals surface area contributed by atoms with Crippen molar-refractivity contribution in [2.24, 2.45) is 0 Å². The molecule has 0 saturated heterocycles. The molecule has 3 aromatic carbocycles. The van der Waals surface area contributed by atoms with E-state index in [2.05, 4.69) is 59.3 Å². The van der Waals surface area contributed by atoms with Crippen LogP contribution in [-0.2, 0) is 6.42 Å². The van der Waals surface area contributed by atoms with Crippen LogP contribution in [0.4, 0.5) is 0 Å². The third kappa shape index (κ3) is 3.60. The summed E-state index contributed by atoms with van der Waals surface area (Å²) in [7, 11) is 0. The lowest BCUT2D eigenvalue weighted by Gasteiger charge is -2.13. The van der Waals surface area contributed by atoms with Crippen LogP contribution in [0, 0.1) is 0 Å². The molecule has 0 heterocycles. The molecule has 1 nitrogen and oxygen atoms in total. The third-order valence-corrected chi connectivity index (χ3v) is 4.91. The van der Waals surface area contributed by atoms with E-state index in [-0.39, 0.29) is 5.75 Å². The molecule has 3 aromatic rings. The number of hydrogen-bond acceptors (Lipinski definition) is 1. The maximum atomic E-state index is 9.61. The first-order chi connectivity index (χ1) is 11.7. The summed E-state index contributed by atoms with van der Waals surface area (Å²) in [6.07, 6.45) is 1.03. The van der Waals surface area contributed by atoms with E-state index in [0.717, 1.165) is 33.2 Å². The molecule has 1 N–H and O–H groups in total. The van der Waals surface area contributed by atoms with Crippen molar-refractivity contribution >= 4 is 26.0 Å². The summed E-state index contributed by atoms with van der Waals surface area (Å²) in [5.74, 6) is 0.273. The van der Waals surface area contributed by atoms with Crippen LogP contribution in [0.15, 0.2) is 78.9 Å². The smallest absolute Gasteiger partial charge is 0.115 e. The predicted octanol–water partition coefficient (Wildman–Crippen LogP) is 6.27. The number of rotatable bonds is 4. The van der Waals surface area contributed by atoms with Crippen molar-refractivity contribution < 1.29 is 5.11 Å². The number of benzene rings is 3. The van der Waals surface area contributed by atoms with Gasteiger partial charge in [-0.2, -0.15) is 0 Å². The molecule has 0 amide bonds. The summed E-state index contributed by atoms with van der Waals surface area (Å²) in [5.41, 5.74) is 5.77. The van der Waals surface area contributed by atoms with E-state index in [1.165, 1.54) is 5.56 Å². The van der Waals surface area contributed by atoms with Crippen molar-refractivity contribution in [3.63, 3.8) is 0 Å². The standard InChI is InChI=1S/C22H19BrO/c1-2-16-8-10-17(11-9-16)21(18-12-14-20(24)15-13-18)22(23)19-6-4-3-5-7-19/h3-15,24H,2H2,1H3/b22-21-. The summed E-state index contributed by atoms with van der Waals surface area (Å²) in [6.45, 7) is 2.16. The lowest BCUT2D eigenvalue weighted by Crippen LogP contribution is -1.92. The lowest BCUT2D eigenvalue weighted by molar-refractivity contribution is 0.475. The number of halogens is 1. The van der Waals surface area contributed by atoms with Crippen LogP contribution in [0.2, 0.25) is 0 Å². The zero-order valence-electron chi connectivity index (χ0n) is 13.5. The van der Waals surface area contributed by atoms with E-state index in [1.54, 1.807) is 12.1 Å². The fourth-order valence-corrected chi connectivity index (χ4v) is 3.41. The largest absolute Gasteiger partial charge is 0.508 e. The van der Waals surface area contributed by atoms with Crippen molar-refractivity contribution in [3.05, 3.63) is 101 Å². The van der Waals surface area contributed by atoms with Gasteiger partial charge in [-0.05, 0) is 56.7 Å². The maximum Gasteiger partial charge on any atom is 0.115 e. The fraction of sp³-hybridized carbons (Fsp3) is 0.0909. The maximum absolute atomic E-state index is 9.61. The highest BCUT2D eigenvalue weighted by atomic mass is 79.9. The normalized spacial score (nSPS) is 11.9. The van der Waals surface area contributed by atoms with Crippen molar-refractivity contribution in [2.75, 3.05) is 0 Å². The minimum atomic E-state index is 0.273. The van der Waals surface area contributed by atoms with Gasteiger partial charge in [-0.15, -0.1) is 0 Å². The molecule has 0 aliphatic carbocycles. The third-order valence-electron chi connectivity index (χ3n) is 4.05. The molecule has 0 aliphatic rings. The van der Waals surface area contributed by atoms with Gasteiger partial charge in [-0.25, -0.2) is 0 Å². The molecule has 3 rings (SSSR count). The van der Waals surface area contributed by atoms with E-state index in [1.807, 2.05) is 30.3 Å². The molecule has 0 aliphatic heterocycles. The van der Waals surface area contributed by atoms with E-state index in [9.17, 15) is 5.11 Å². The second-order valence-corrected chi connectivity index (χ2v) is 6.45. The van der Waals surface area contributed by atoms with Gasteiger partial charge < -0.3 is 5.11 Å². The van der Waals surface area contributed by atoms with E-state index >= 15 is 0 Å². The van der Waals surface area contributed by atoms with Crippen molar-refractivity contribution in [1.29, 1.82) is 0 Å². The number of phenolic OH excluding ortho intramolecular Hbond substituents is 1. The molecule has 120 valence electrons. The van der Waals surface area contributed by atoms with Crippen LogP contribution >= 0.6 is 15.9 Å². The fourth-order valence-electron chi connectivity index (χ4n) is 2.68. The van der Waals surface area contributed by atoms with Crippen LogP contribution in [0.3, 0.4) is 0 Å². The minimum absolute atomic E-state index is 0.273.